The maximum absolute atomic E-state index is 6.81. The predicted octanol–water partition coefficient (Wildman–Crippen LogP) is 10.4. The second-order valence-corrected chi connectivity index (χ2v) is 18.7. The van der Waals surface area contributed by atoms with E-state index in [1.807, 2.05) is 0 Å². The molecule has 0 amide bonds. The van der Waals surface area contributed by atoms with Crippen molar-refractivity contribution in [3.8, 4) is 0 Å². The van der Waals surface area contributed by atoms with Gasteiger partial charge in [0.1, 0.15) is 0 Å². The predicted molar refractivity (Wildman–Crippen MR) is 170 cm³/mol. The minimum atomic E-state index is 0.584. The summed E-state index contributed by atoms with van der Waals surface area (Å²) in [5.41, 5.74) is 1.50. The van der Waals surface area contributed by atoms with Gasteiger partial charge >= 0.3 is 0 Å². The first-order valence-corrected chi connectivity index (χ1v) is 19.8. The van der Waals surface area contributed by atoms with E-state index in [9.17, 15) is 0 Å². The molecule has 0 aliphatic heterocycles. The molecule has 0 saturated heterocycles. The van der Waals surface area contributed by atoms with Crippen LogP contribution in [0.25, 0.3) is 0 Å². The molecule has 0 N–H and O–H groups in total. The Labute approximate surface area is 258 Å². The van der Waals surface area contributed by atoms with Crippen LogP contribution in [0.5, 0.6) is 0 Å². The molecule has 11 aliphatic carbocycles. The second kappa shape index (κ2) is 10.7. The van der Waals surface area contributed by atoms with Gasteiger partial charge in [-0.15, -0.1) is 0 Å². The Morgan fingerprint density at radius 3 is 0.976 bits per heavy atom. The third kappa shape index (κ3) is 4.35. The van der Waals surface area contributed by atoms with Crippen molar-refractivity contribution in [2.24, 2.45) is 70.0 Å². The molecule has 0 aromatic rings. The average molecular weight is 577 g/mol. The Bertz CT molecular complexity index is 854. The molecule has 236 valence electrons. The number of ether oxygens (including phenoxy) is 2. The highest BCUT2D eigenvalue weighted by Crippen LogP contribution is 2.83. The van der Waals surface area contributed by atoms with E-state index in [0.29, 0.717) is 24.4 Å². The van der Waals surface area contributed by atoms with Gasteiger partial charge in [-0.1, -0.05) is 13.8 Å². The highest BCUT2D eigenvalue weighted by Gasteiger charge is 2.77. The van der Waals surface area contributed by atoms with Crippen molar-refractivity contribution in [1.29, 1.82) is 0 Å². The van der Waals surface area contributed by atoms with Crippen LogP contribution in [-0.4, -0.2) is 24.4 Å². The zero-order valence-electron chi connectivity index (χ0n) is 27.5. The highest BCUT2D eigenvalue weighted by molar-refractivity contribution is 5.25. The summed E-state index contributed by atoms with van der Waals surface area (Å²) in [5.74, 6) is 10.5. The second-order valence-electron chi connectivity index (χ2n) is 18.7. The molecule has 0 heterocycles. The van der Waals surface area contributed by atoms with Crippen LogP contribution in [0.4, 0.5) is 0 Å². The Morgan fingerprint density at radius 1 is 0.381 bits per heavy atom. The van der Waals surface area contributed by atoms with Crippen LogP contribution >= 0.6 is 0 Å². The largest absolute Gasteiger partial charge is 0.375 e. The minimum absolute atomic E-state index is 0.584. The fourth-order valence-electron chi connectivity index (χ4n) is 15.4. The van der Waals surface area contributed by atoms with Crippen LogP contribution in [0.3, 0.4) is 0 Å². The first kappa shape index (κ1) is 28.2. The number of rotatable bonds is 6. The summed E-state index contributed by atoms with van der Waals surface area (Å²) in [6.07, 6.45) is 34.7. The van der Waals surface area contributed by atoms with Crippen LogP contribution in [0.1, 0.15) is 155 Å². The zero-order chi connectivity index (χ0) is 28.1. The third-order valence-electron chi connectivity index (χ3n) is 16.9. The van der Waals surface area contributed by atoms with Gasteiger partial charge in [-0.2, -0.15) is 0 Å². The molecule has 2 heteroatoms. The third-order valence-corrected chi connectivity index (χ3v) is 16.9. The van der Waals surface area contributed by atoms with Gasteiger partial charge in [0.25, 0.3) is 0 Å². The lowest BCUT2D eigenvalue weighted by molar-refractivity contribution is -0.332. The van der Waals surface area contributed by atoms with E-state index in [-0.39, 0.29) is 0 Å². The normalized spacial score (nSPS) is 58.4. The lowest BCUT2D eigenvalue weighted by atomic mass is 9.23. The molecule has 2 nitrogen and oxygen atoms in total. The molecule has 0 spiro atoms. The number of hydrogen-bond acceptors (Lipinski definition) is 2. The van der Waals surface area contributed by atoms with Crippen LogP contribution in [-0.2, 0) is 9.47 Å². The van der Waals surface area contributed by atoms with E-state index >= 15 is 0 Å². The van der Waals surface area contributed by atoms with E-state index in [1.165, 1.54) is 103 Å². The topological polar surface area (TPSA) is 18.5 Å². The molecule has 4 unspecified atom stereocenters. The van der Waals surface area contributed by atoms with E-state index in [4.69, 9.17) is 9.47 Å². The van der Waals surface area contributed by atoms with Gasteiger partial charge < -0.3 is 9.47 Å². The molecule has 11 saturated carbocycles. The van der Waals surface area contributed by atoms with Gasteiger partial charge in [-0.25, -0.2) is 0 Å². The maximum atomic E-state index is 6.81. The van der Waals surface area contributed by atoms with Crippen molar-refractivity contribution in [3.05, 3.63) is 0 Å². The van der Waals surface area contributed by atoms with Crippen LogP contribution in [0.2, 0.25) is 0 Å². The van der Waals surface area contributed by atoms with Crippen molar-refractivity contribution in [2.45, 2.75) is 180 Å². The molecule has 0 aromatic carbocycles. The standard InChI is InChI=1S/C40H64O2/c1-25-3-11-31(12-4-25)41-33-15-7-29(8-16-33)39-23-27-21-37-35(39)19-28-20-36(39)38(22-27)40(37,24-28)30-9-17-34(18-10-30)42-32-13-5-26(2)6-14-32/h25-38H,3-24H2,1-2H3. The van der Waals surface area contributed by atoms with E-state index < -0.39 is 0 Å². The molecule has 11 rings (SSSR count). The Hall–Kier alpha value is -0.0800. The molecule has 0 radical (unpaired) electrons. The summed E-state index contributed by atoms with van der Waals surface area (Å²) >= 11 is 0. The molecule has 11 fully saturated rings. The Balaban J connectivity index is 0.886. The highest BCUT2D eigenvalue weighted by atomic mass is 16.5. The van der Waals surface area contributed by atoms with Crippen LogP contribution < -0.4 is 0 Å². The van der Waals surface area contributed by atoms with Crippen molar-refractivity contribution in [1.82, 2.24) is 0 Å². The van der Waals surface area contributed by atoms with Crippen molar-refractivity contribution in [3.63, 3.8) is 0 Å². The number of hydrogen-bond donors (Lipinski definition) is 0. The molecule has 0 aromatic heterocycles. The summed E-state index contributed by atoms with van der Waals surface area (Å²) in [6.45, 7) is 4.88. The van der Waals surface area contributed by atoms with Gasteiger partial charge in [0.2, 0.25) is 0 Å². The maximum Gasteiger partial charge on any atom is 0.0579 e. The quantitative estimate of drug-likeness (QED) is 0.313. The molecular weight excluding hydrogens is 512 g/mol. The molecular formula is C40H64O2. The summed E-state index contributed by atoms with van der Waals surface area (Å²) in [4.78, 5) is 0. The van der Waals surface area contributed by atoms with E-state index in [2.05, 4.69) is 13.8 Å². The van der Waals surface area contributed by atoms with Gasteiger partial charge in [0.05, 0.1) is 24.4 Å². The Kier molecular flexibility index (Phi) is 7.20. The smallest absolute Gasteiger partial charge is 0.0579 e. The summed E-state index contributed by atoms with van der Waals surface area (Å²) in [5, 5.41) is 0. The summed E-state index contributed by atoms with van der Waals surface area (Å²) < 4.78 is 13.6. The average Bonchev–Trinajstić information content (AvgIpc) is 3.02. The summed E-state index contributed by atoms with van der Waals surface area (Å²) in [7, 11) is 0. The summed E-state index contributed by atoms with van der Waals surface area (Å²) in [6, 6.07) is 0. The molecule has 11 aliphatic rings. The first-order chi connectivity index (χ1) is 20.5. The fourth-order valence-corrected chi connectivity index (χ4v) is 15.4. The van der Waals surface area contributed by atoms with Gasteiger partial charge in [-0.3, -0.25) is 0 Å². The van der Waals surface area contributed by atoms with Crippen molar-refractivity contribution in [2.75, 3.05) is 0 Å². The van der Waals surface area contributed by atoms with Crippen LogP contribution in [0.15, 0.2) is 0 Å². The zero-order valence-corrected chi connectivity index (χ0v) is 27.5. The lowest BCUT2D eigenvalue weighted by Gasteiger charge is -2.81. The van der Waals surface area contributed by atoms with E-state index in [1.54, 1.807) is 38.5 Å². The van der Waals surface area contributed by atoms with Crippen molar-refractivity contribution < 1.29 is 9.47 Å². The van der Waals surface area contributed by atoms with Gasteiger partial charge in [-0.05, 0) is 211 Å². The van der Waals surface area contributed by atoms with Gasteiger partial charge in [0, 0.05) is 0 Å². The van der Waals surface area contributed by atoms with Crippen LogP contribution in [0, 0.1) is 70.0 Å². The van der Waals surface area contributed by atoms with Gasteiger partial charge in [0.15, 0.2) is 0 Å². The molecule has 8 bridgehead atoms. The Morgan fingerprint density at radius 2 is 0.667 bits per heavy atom. The fraction of sp³-hybridized carbons (Fsp3) is 1.00. The monoisotopic (exact) mass is 576 g/mol. The minimum Gasteiger partial charge on any atom is -0.375 e. The molecule has 42 heavy (non-hydrogen) atoms. The van der Waals surface area contributed by atoms with E-state index in [0.717, 1.165) is 70.0 Å². The first-order valence-electron chi connectivity index (χ1n) is 19.8. The SMILES string of the molecule is CC1CCC(OC2CCC(C34CC5CC6C3CC3CC4C(C5)C6(C4CCC(OC5CCC(C)CC5)CC4)C3)CC2)CC1. The molecule has 4 atom stereocenters. The lowest BCUT2D eigenvalue weighted by Crippen LogP contribution is -2.75. The van der Waals surface area contributed by atoms with Crippen molar-refractivity contribution >= 4 is 0 Å².